The van der Waals surface area contributed by atoms with Crippen LogP contribution in [0.3, 0.4) is 0 Å². The van der Waals surface area contributed by atoms with E-state index in [1.165, 1.54) is 11.1 Å². The number of benzene rings is 1. The summed E-state index contributed by atoms with van der Waals surface area (Å²) in [5.41, 5.74) is 10.3. The smallest absolute Gasteiger partial charge is 0.123 e. The van der Waals surface area contributed by atoms with Crippen molar-refractivity contribution in [1.29, 1.82) is 0 Å². The van der Waals surface area contributed by atoms with Crippen LogP contribution in [0.25, 0.3) is 11.3 Å². The van der Waals surface area contributed by atoms with Crippen LogP contribution < -0.4 is 5.73 Å². The van der Waals surface area contributed by atoms with E-state index >= 15 is 0 Å². The molecular weight excluding hydrogens is 278 g/mol. The summed E-state index contributed by atoms with van der Waals surface area (Å²) in [7, 11) is 1.96. The number of hydrogen-bond donors (Lipinski definition) is 1. The van der Waals surface area contributed by atoms with Crippen molar-refractivity contribution in [3.8, 4) is 11.3 Å². The molecule has 3 nitrogen and oxygen atoms in total. The second kappa shape index (κ2) is 4.63. The maximum Gasteiger partial charge on any atom is 0.123 e. The summed E-state index contributed by atoms with van der Waals surface area (Å²) in [5.74, 6) is 0.880. The van der Waals surface area contributed by atoms with Gasteiger partial charge >= 0.3 is 0 Å². The van der Waals surface area contributed by atoms with Gasteiger partial charge < -0.3 is 10.3 Å². The molecule has 1 heterocycles. The van der Waals surface area contributed by atoms with Gasteiger partial charge in [-0.15, -0.1) is 0 Å². The Morgan fingerprint density at radius 3 is 2.53 bits per heavy atom. The first-order valence-electron chi connectivity index (χ1n) is 5.53. The van der Waals surface area contributed by atoms with E-state index in [2.05, 4.69) is 53.0 Å². The Labute approximate surface area is 110 Å². The molecule has 0 unspecified atom stereocenters. The number of nitrogens with two attached hydrogens (primary N) is 1. The zero-order valence-electron chi connectivity index (χ0n) is 10.3. The van der Waals surface area contributed by atoms with Crippen LogP contribution in [0.4, 0.5) is 0 Å². The Hall–Kier alpha value is -1.13. The zero-order valence-corrected chi connectivity index (χ0v) is 11.9. The predicted molar refractivity (Wildman–Crippen MR) is 73.7 cm³/mol. The third-order valence-electron chi connectivity index (χ3n) is 3.08. The van der Waals surface area contributed by atoms with Crippen LogP contribution in [0.2, 0.25) is 0 Å². The highest BCUT2D eigenvalue weighted by atomic mass is 79.9. The van der Waals surface area contributed by atoms with Gasteiger partial charge in [-0.25, -0.2) is 4.98 Å². The Morgan fingerprint density at radius 1 is 1.29 bits per heavy atom. The van der Waals surface area contributed by atoms with Gasteiger partial charge in [-0.3, -0.25) is 0 Å². The molecule has 0 saturated carbocycles. The zero-order chi connectivity index (χ0) is 12.6. The molecule has 0 aliphatic rings. The summed E-state index contributed by atoms with van der Waals surface area (Å²) < 4.78 is 2.95. The molecule has 0 spiro atoms. The standard InChI is InChI=1S/C13H16BrN3/c1-8-4-5-10(6-9(8)2)12-13(14)17(3)11(7-15)16-12/h4-6H,7,15H2,1-3H3. The van der Waals surface area contributed by atoms with Crippen molar-refractivity contribution in [1.82, 2.24) is 9.55 Å². The second-order valence-corrected chi connectivity index (χ2v) is 4.98. The molecular formula is C13H16BrN3. The molecule has 0 atom stereocenters. The van der Waals surface area contributed by atoms with Gasteiger partial charge in [-0.2, -0.15) is 0 Å². The van der Waals surface area contributed by atoms with E-state index in [4.69, 9.17) is 5.73 Å². The average Bonchev–Trinajstić information content (AvgIpc) is 2.60. The molecule has 1 aromatic heterocycles. The molecule has 4 heteroatoms. The first kappa shape index (κ1) is 12.3. The highest BCUT2D eigenvalue weighted by molar-refractivity contribution is 9.10. The first-order valence-corrected chi connectivity index (χ1v) is 6.32. The van der Waals surface area contributed by atoms with Crippen molar-refractivity contribution in [2.75, 3.05) is 0 Å². The third kappa shape index (κ3) is 2.15. The largest absolute Gasteiger partial charge is 0.324 e. The maximum absolute atomic E-state index is 5.66. The topological polar surface area (TPSA) is 43.8 Å². The molecule has 0 aliphatic heterocycles. The number of aromatic nitrogens is 2. The Balaban J connectivity index is 2.56. The highest BCUT2D eigenvalue weighted by Gasteiger charge is 2.13. The molecule has 1 aromatic carbocycles. The van der Waals surface area contributed by atoms with E-state index in [0.29, 0.717) is 6.54 Å². The van der Waals surface area contributed by atoms with Crippen LogP contribution in [-0.2, 0) is 13.6 Å². The van der Waals surface area contributed by atoms with E-state index in [1.807, 2.05) is 11.6 Å². The molecule has 2 N–H and O–H groups in total. The minimum Gasteiger partial charge on any atom is -0.324 e. The molecule has 0 fully saturated rings. The van der Waals surface area contributed by atoms with E-state index < -0.39 is 0 Å². The summed E-state index contributed by atoms with van der Waals surface area (Å²) >= 11 is 3.57. The molecule has 0 bridgehead atoms. The minimum atomic E-state index is 0.444. The van der Waals surface area contributed by atoms with E-state index in [0.717, 1.165) is 21.7 Å². The fourth-order valence-electron chi connectivity index (χ4n) is 1.78. The highest BCUT2D eigenvalue weighted by Crippen LogP contribution is 2.29. The van der Waals surface area contributed by atoms with Crippen LogP contribution in [0, 0.1) is 13.8 Å². The van der Waals surface area contributed by atoms with E-state index in [1.54, 1.807) is 0 Å². The Morgan fingerprint density at radius 2 is 2.00 bits per heavy atom. The number of nitrogens with zero attached hydrogens (tertiary/aromatic N) is 2. The summed E-state index contributed by atoms with van der Waals surface area (Å²) in [4.78, 5) is 4.56. The predicted octanol–water partition coefficient (Wildman–Crippen LogP) is 2.93. The lowest BCUT2D eigenvalue weighted by Crippen LogP contribution is -2.04. The SMILES string of the molecule is Cc1ccc(-c2nc(CN)n(C)c2Br)cc1C. The van der Waals surface area contributed by atoms with Crippen molar-refractivity contribution in [2.45, 2.75) is 20.4 Å². The number of imidazole rings is 1. The number of rotatable bonds is 2. The molecule has 2 rings (SSSR count). The van der Waals surface area contributed by atoms with Crippen LogP contribution in [-0.4, -0.2) is 9.55 Å². The molecule has 90 valence electrons. The lowest BCUT2D eigenvalue weighted by Gasteiger charge is -2.03. The molecule has 2 aromatic rings. The van der Waals surface area contributed by atoms with Crippen molar-refractivity contribution in [3.63, 3.8) is 0 Å². The van der Waals surface area contributed by atoms with Gasteiger partial charge in [0.1, 0.15) is 16.1 Å². The monoisotopic (exact) mass is 293 g/mol. The van der Waals surface area contributed by atoms with Gasteiger partial charge in [0, 0.05) is 12.6 Å². The number of halogens is 1. The lowest BCUT2D eigenvalue weighted by molar-refractivity contribution is 0.781. The van der Waals surface area contributed by atoms with Crippen LogP contribution >= 0.6 is 15.9 Å². The maximum atomic E-state index is 5.66. The van der Waals surface area contributed by atoms with E-state index in [-0.39, 0.29) is 0 Å². The van der Waals surface area contributed by atoms with Gasteiger partial charge in [-0.05, 0) is 47.0 Å². The first-order chi connectivity index (χ1) is 8.04. The van der Waals surface area contributed by atoms with Gasteiger partial charge in [-0.1, -0.05) is 12.1 Å². The fourth-order valence-corrected chi connectivity index (χ4v) is 2.30. The number of aryl methyl sites for hydroxylation is 2. The fraction of sp³-hybridized carbons (Fsp3) is 0.308. The summed E-state index contributed by atoms with van der Waals surface area (Å²) in [5, 5.41) is 0. The third-order valence-corrected chi connectivity index (χ3v) is 3.99. The van der Waals surface area contributed by atoms with Crippen molar-refractivity contribution >= 4 is 15.9 Å². The van der Waals surface area contributed by atoms with Crippen molar-refractivity contribution in [2.24, 2.45) is 12.8 Å². The summed E-state index contributed by atoms with van der Waals surface area (Å²) in [6.45, 7) is 4.66. The quantitative estimate of drug-likeness (QED) is 0.925. The van der Waals surface area contributed by atoms with Gasteiger partial charge in [0.05, 0.1) is 6.54 Å². The van der Waals surface area contributed by atoms with Crippen LogP contribution in [0.15, 0.2) is 22.8 Å². The van der Waals surface area contributed by atoms with E-state index in [9.17, 15) is 0 Å². The van der Waals surface area contributed by atoms with Gasteiger partial charge in [0.15, 0.2) is 0 Å². The molecule has 17 heavy (non-hydrogen) atoms. The Kier molecular flexibility index (Phi) is 3.35. The average molecular weight is 294 g/mol. The molecule has 0 aliphatic carbocycles. The van der Waals surface area contributed by atoms with Crippen molar-refractivity contribution < 1.29 is 0 Å². The van der Waals surface area contributed by atoms with Gasteiger partial charge in [0.25, 0.3) is 0 Å². The summed E-state index contributed by atoms with van der Waals surface area (Å²) in [6.07, 6.45) is 0. The van der Waals surface area contributed by atoms with Crippen LogP contribution in [0.1, 0.15) is 17.0 Å². The second-order valence-electron chi connectivity index (χ2n) is 4.23. The normalized spacial score (nSPS) is 10.9. The molecule has 0 radical (unpaired) electrons. The molecule has 0 saturated heterocycles. The van der Waals surface area contributed by atoms with Gasteiger partial charge in [0.2, 0.25) is 0 Å². The van der Waals surface area contributed by atoms with Crippen molar-refractivity contribution in [3.05, 3.63) is 39.8 Å². The Bertz CT molecular complexity index is 558. The molecule has 0 amide bonds. The summed E-state index contributed by atoms with van der Waals surface area (Å²) in [6, 6.07) is 6.37. The van der Waals surface area contributed by atoms with Crippen LogP contribution in [0.5, 0.6) is 0 Å². The minimum absolute atomic E-state index is 0.444. The lowest BCUT2D eigenvalue weighted by atomic mass is 10.0. The number of hydrogen-bond acceptors (Lipinski definition) is 2.